The van der Waals surface area contributed by atoms with Crippen molar-refractivity contribution in [1.29, 1.82) is 0 Å². The standard InChI is InChI=1S/C13H23NO2/c15-13(9-11-3-7-16-8-4-11)5-6-14(10-13)12-1-2-12/h11-12,15H,1-10H2. The van der Waals surface area contributed by atoms with Crippen molar-refractivity contribution in [3.05, 3.63) is 0 Å². The molecule has 1 aliphatic carbocycles. The molecule has 0 radical (unpaired) electrons. The van der Waals surface area contributed by atoms with E-state index in [1.54, 1.807) is 0 Å². The van der Waals surface area contributed by atoms with Crippen molar-refractivity contribution in [3.63, 3.8) is 0 Å². The lowest BCUT2D eigenvalue weighted by molar-refractivity contribution is -0.00566. The van der Waals surface area contributed by atoms with Gasteiger partial charge in [0, 0.05) is 32.3 Å². The summed E-state index contributed by atoms with van der Waals surface area (Å²) in [6.45, 7) is 3.83. The highest BCUT2D eigenvalue weighted by atomic mass is 16.5. The summed E-state index contributed by atoms with van der Waals surface area (Å²) in [7, 11) is 0. The molecule has 1 N–H and O–H groups in total. The maximum atomic E-state index is 10.6. The number of hydrogen-bond acceptors (Lipinski definition) is 3. The van der Waals surface area contributed by atoms with E-state index in [-0.39, 0.29) is 5.60 Å². The van der Waals surface area contributed by atoms with Crippen LogP contribution in [0.5, 0.6) is 0 Å². The number of ether oxygens (including phenoxy) is 1. The highest BCUT2D eigenvalue weighted by Crippen LogP contribution is 2.37. The van der Waals surface area contributed by atoms with Crippen molar-refractivity contribution >= 4 is 0 Å². The van der Waals surface area contributed by atoms with Crippen LogP contribution in [0.25, 0.3) is 0 Å². The van der Waals surface area contributed by atoms with Crippen LogP contribution in [0.15, 0.2) is 0 Å². The lowest BCUT2D eigenvalue weighted by Crippen LogP contribution is -2.37. The fourth-order valence-corrected chi connectivity index (χ4v) is 3.29. The minimum Gasteiger partial charge on any atom is -0.388 e. The van der Waals surface area contributed by atoms with Gasteiger partial charge in [-0.15, -0.1) is 0 Å². The maximum absolute atomic E-state index is 10.6. The molecule has 92 valence electrons. The van der Waals surface area contributed by atoms with Crippen molar-refractivity contribution in [2.24, 2.45) is 5.92 Å². The Hall–Kier alpha value is -0.120. The first-order valence-corrected chi connectivity index (χ1v) is 6.79. The minimum atomic E-state index is -0.384. The van der Waals surface area contributed by atoms with Crippen molar-refractivity contribution in [3.8, 4) is 0 Å². The predicted octanol–water partition coefficient (Wildman–Crippen LogP) is 1.40. The van der Waals surface area contributed by atoms with E-state index < -0.39 is 0 Å². The molecule has 3 fully saturated rings. The average molecular weight is 225 g/mol. The van der Waals surface area contributed by atoms with Crippen LogP contribution in [-0.4, -0.2) is 48.0 Å². The Labute approximate surface area is 97.8 Å². The van der Waals surface area contributed by atoms with E-state index in [0.29, 0.717) is 5.92 Å². The van der Waals surface area contributed by atoms with Crippen LogP contribution in [0.1, 0.15) is 38.5 Å². The topological polar surface area (TPSA) is 32.7 Å². The lowest BCUT2D eigenvalue weighted by atomic mass is 9.85. The predicted molar refractivity (Wildman–Crippen MR) is 62.3 cm³/mol. The third-order valence-electron chi connectivity index (χ3n) is 4.43. The summed E-state index contributed by atoms with van der Waals surface area (Å²) in [5.74, 6) is 0.693. The van der Waals surface area contributed by atoms with E-state index in [1.807, 2.05) is 0 Å². The number of nitrogens with zero attached hydrogens (tertiary/aromatic N) is 1. The zero-order valence-electron chi connectivity index (χ0n) is 10.0. The SMILES string of the molecule is OC1(CC2CCOCC2)CCN(C2CC2)C1. The van der Waals surface area contributed by atoms with Crippen molar-refractivity contribution in [2.75, 3.05) is 26.3 Å². The number of hydrogen-bond donors (Lipinski definition) is 1. The van der Waals surface area contributed by atoms with Crippen molar-refractivity contribution in [2.45, 2.75) is 50.2 Å². The quantitative estimate of drug-likeness (QED) is 0.788. The Morgan fingerprint density at radius 1 is 1.19 bits per heavy atom. The second kappa shape index (κ2) is 4.28. The van der Waals surface area contributed by atoms with Crippen LogP contribution in [0.2, 0.25) is 0 Å². The third kappa shape index (κ3) is 2.41. The minimum absolute atomic E-state index is 0.384. The van der Waals surface area contributed by atoms with E-state index in [1.165, 1.54) is 12.8 Å². The molecule has 0 aromatic carbocycles. The van der Waals surface area contributed by atoms with Crippen LogP contribution in [0.4, 0.5) is 0 Å². The summed E-state index contributed by atoms with van der Waals surface area (Å²) in [6, 6.07) is 0.809. The summed E-state index contributed by atoms with van der Waals surface area (Å²) in [6.07, 6.45) is 6.98. The number of aliphatic hydroxyl groups is 1. The molecule has 1 atom stereocenters. The molecule has 0 amide bonds. The Balaban J connectivity index is 1.52. The fraction of sp³-hybridized carbons (Fsp3) is 1.00. The fourth-order valence-electron chi connectivity index (χ4n) is 3.29. The molecule has 0 aromatic rings. The van der Waals surface area contributed by atoms with Crippen LogP contribution in [-0.2, 0) is 4.74 Å². The highest BCUT2D eigenvalue weighted by Gasteiger charge is 2.42. The molecule has 1 saturated carbocycles. The van der Waals surface area contributed by atoms with Gasteiger partial charge in [-0.1, -0.05) is 0 Å². The molecule has 0 aromatic heterocycles. The maximum Gasteiger partial charge on any atom is 0.0789 e. The Morgan fingerprint density at radius 2 is 1.94 bits per heavy atom. The Bertz CT molecular complexity index is 248. The van der Waals surface area contributed by atoms with Gasteiger partial charge in [0.15, 0.2) is 0 Å². The summed E-state index contributed by atoms with van der Waals surface area (Å²) >= 11 is 0. The van der Waals surface area contributed by atoms with Gasteiger partial charge in [-0.05, 0) is 44.4 Å². The monoisotopic (exact) mass is 225 g/mol. The van der Waals surface area contributed by atoms with Crippen LogP contribution in [0, 0.1) is 5.92 Å². The first-order chi connectivity index (χ1) is 7.75. The van der Waals surface area contributed by atoms with Crippen LogP contribution >= 0.6 is 0 Å². The van der Waals surface area contributed by atoms with E-state index in [4.69, 9.17) is 4.74 Å². The van der Waals surface area contributed by atoms with Gasteiger partial charge < -0.3 is 9.84 Å². The largest absolute Gasteiger partial charge is 0.388 e. The molecule has 3 aliphatic rings. The summed E-state index contributed by atoms with van der Waals surface area (Å²) < 4.78 is 5.37. The zero-order chi connectivity index (χ0) is 11.0. The first kappa shape index (κ1) is 11.0. The van der Waals surface area contributed by atoms with E-state index in [0.717, 1.165) is 58.0 Å². The molecule has 2 aliphatic heterocycles. The molecule has 0 spiro atoms. The molecular weight excluding hydrogens is 202 g/mol. The summed E-state index contributed by atoms with van der Waals surface area (Å²) in [5, 5.41) is 10.6. The Kier molecular flexibility index (Phi) is 2.94. The van der Waals surface area contributed by atoms with Crippen LogP contribution < -0.4 is 0 Å². The second-order valence-electron chi connectivity index (χ2n) is 5.94. The van der Waals surface area contributed by atoms with Gasteiger partial charge in [0.05, 0.1) is 5.60 Å². The molecule has 3 heteroatoms. The second-order valence-corrected chi connectivity index (χ2v) is 5.94. The van der Waals surface area contributed by atoms with Gasteiger partial charge >= 0.3 is 0 Å². The van der Waals surface area contributed by atoms with E-state index >= 15 is 0 Å². The van der Waals surface area contributed by atoms with Gasteiger partial charge in [0.2, 0.25) is 0 Å². The van der Waals surface area contributed by atoms with Gasteiger partial charge in [0.1, 0.15) is 0 Å². The van der Waals surface area contributed by atoms with Crippen LogP contribution in [0.3, 0.4) is 0 Å². The number of likely N-dealkylation sites (tertiary alicyclic amines) is 1. The normalized spacial score (nSPS) is 38.1. The number of β-amino-alcohol motifs (C(OH)–C–C–N with tert-alkyl or cyclic N) is 1. The molecular formula is C13H23NO2. The van der Waals surface area contributed by atoms with Crippen molar-refractivity contribution in [1.82, 2.24) is 4.90 Å². The smallest absolute Gasteiger partial charge is 0.0789 e. The Morgan fingerprint density at radius 3 is 2.62 bits per heavy atom. The van der Waals surface area contributed by atoms with Gasteiger partial charge in [-0.25, -0.2) is 0 Å². The summed E-state index contributed by atoms with van der Waals surface area (Å²) in [5.41, 5.74) is -0.384. The molecule has 1 unspecified atom stereocenters. The third-order valence-corrected chi connectivity index (χ3v) is 4.43. The van der Waals surface area contributed by atoms with Crippen molar-refractivity contribution < 1.29 is 9.84 Å². The zero-order valence-corrected chi connectivity index (χ0v) is 10.0. The van der Waals surface area contributed by atoms with Gasteiger partial charge in [-0.2, -0.15) is 0 Å². The van der Waals surface area contributed by atoms with Gasteiger partial charge in [0.25, 0.3) is 0 Å². The lowest BCUT2D eigenvalue weighted by Gasteiger charge is -2.30. The van der Waals surface area contributed by atoms with E-state index in [9.17, 15) is 5.11 Å². The molecule has 3 nitrogen and oxygen atoms in total. The highest BCUT2D eigenvalue weighted by molar-refractivity contribution is 4.97. The summed E-state index contributed by atoms with van der Waals surface area (Å²) in [4.78, 5) is 2.50. The first-order valence-electron chi connectivity index (χ1n) is 6.79. The molecule has 2 heterocycles. The molecule has 16 heavy (non-hydrogen) atoms. The molecule has 0 bridgehead atoms. The molecule has 3 rings (SSSR count). The average Bonchev–Trinajstić information content (AvgIpc) is 3.05. The number of rotatable bonds is 3. The molecule has 2 saturated heterocycles. The van der Waals surface area contributed by atoms with E-state index in [2.05, 4.69) is 4.90 Å². The van der Waals surface area contributed by atoms with Gasteiger partial charge in [-0.3, -0.25) is 4.90 Å².